The number of fused-ring (bicyclic) bond motifs is 1. The fourth-order valence-electron chi connectivity index (χ4n) is 3.53. The van der Waals surface area contributed by atoms with Crippen LogP contribution in [0.1, 0.15) is 23.6 Å². The molecule has 1 aliphatic rings. The monoisotopic (exact) mass is 379 g/mol. The molecule has 1 amide bonds. The van der Waals surface area contributed by atoms with E-state index in [0.717, 1.165) is 22.7 Å². The van der Waals surface area contributed by atoms with Gasteiger partial charge < -0.3 is 19.5 Å². The first kappa shape index (κ1) is 17.9. The Kier molecular flexibility index (Phi) is 4.65. The summed E-state index contributed by atoms with van der Waals surface area (Å²) in [5.41, 5.74) is 2.55. The van der Waals surface area contributed by atoms with Crippen molar-refractivity contribution in [3.05, 3.63) is 60.0 Å². The highest BCUT2D eigenvalue weighted by atomic mass is 16.5. The van der Waals surface area contributed by atoms with Crippen molar-refractivity contribution in [1.29, 1.82) is 0 Å². The van der Waals surface area contributed by atoms with Gasteiger partial charge in [0.15, 0.2) is 0 Å². The number of hydrogen-bond donors (Lipinski definition) is 1. The molecule has 0 saturated carbocycles. The van der Waals surface area contributed by atoms with Crippen LogP contribution in [0.25, 0.3) is 5.69 Å². The van der Waals surface area contributed by atoms with Gasteiger partial charge in [0.1, 0.15) is 29.4 Å². The number of nitrogens with zero attached hydrogens (tertiary/aromatic N) is 2. The maximum absolute atomic E-state index is 12.5. The highest BCUT2D eigenvalue weighted by molar-refractivity contribution is 5.94. The Morgan fingerprint density at radius 1 is 1.04 bits per heavy atom. The maximum atomic E-state index is 12.5. The molecule has 1 aliphatic heterocycles. The van der Waals surface area contributed by atoms with Gasteiger partial charge in [-0.15, -0.1) is 0 Å². The summed E-state index contributed by atoms with van der Waals surface area (Å²) in [6.07, 6.45) is 2.01. The molecule has 2 aromatic carbocycles. The average molecular weight is 379 g/mol. The van der Waals surface area contributed by atoms with Crippen molar-refractivity contribution in [2.24, 2.45) is 0 Å². The van der Waals surface area contributed by atoms with Gasteiger partial charge in [-0.3, -0.25) is 9.36 Å². The number of methoxy groups -OCH3 is 3. The van der Waals surface area contributed by atoms with E-state index in [1.54, 1.807) is 27.7 Å². The van der Waals surface area contributed by atoms with Gasteiger partial charge in [-0.2, -0.15) is 0 Å². The number of anilines is 1. The first-order chi connectivity index (χ1) is 13.6. The Morgan fingerprint density at radius 2 is 1.82 bits per heavy atom. The number of carbonyl (C=O) groups is 1. The molecular weight excluding hydrogens is 358 g/mol. The summed E-state index contributed by atoms with van der Waals surface area (Å²) in [4.78, 5) is 17.1. The molecule has 4 rings (SSSR count). The number of imidazole rings is 1. The number of aromatic nitrogens is 2. The molecule has 28 heavy (non-hydrogen) atoms. The minimum absolute atomic E-state index is 0.0694. The third-order valence-electron chi connectivity index (χ3n) is 4.92. The Bertz CT molecular complexity index is 1030. The van der Waals surface area contributed by atoms with Gasteiger partial charge in [0.2, 0.25) is 5.91 Å². The van der Waals surface area contributed by atoms with E-state index in [2.05, 4.69) is 10.3 Å². The minimum atomic E-state index is -0.212. The number of carbonyl (C=O) groups excluding carboxylic acids is 1. The lowest BCUT2D eigenvalue weighted by atomic mass is 9.89. The second-order valence-electron chi connectivity index (χ2n) is 6.46. The van der Waals surface area contributed by atoms with Crippen LogP contribution < -0.4 is 19.5 Å². The van der Waals surface area contributed by atoms with Gasteiger partial charge in [0.25, 0.3) is 0 Å². The van der Waals surface area contributed by atoms with Crippen molar-refractivity contribution in [2.75, 3.05) is 26.6 Å². The summed E-state index contributed by atoms with van der Waals surface area (Å²) in [6, 6.07) is 13.2. The van der Waals surface area contributed by atoms with Gasteiger partial charge in [0.05, 0.1) is 32.7 Å². The van der Waals surface area contributed by atoms with Gasteiger partial charge in [-0.1, -0.05) is 12.1 Å². The standard InChI is InChI=1S/C21H21N3O4/c1-26-14-6-4-5-13(9-14)24-12-22-20-17(11-19(25)23-21(20)24)16-8-7-15(27-2)10-18(16)28-3/h4-10,12,17H,11H2,1-3H3,(H,23,25). The Balaban J connectivity index is 1.81. The predicted octanol–water partition coefficient (Wildman–Crippen LogP) is 3.37. The largest absolute Gasteiger partial charge is 0.497 e. The number of nitrogens with one attached hydrogen (secondary N) is 1. The zero-order valence-corrected chi connectivity index (χ0v) is 15.9. The van der Waals surface area contributed by atoms with Crippen molar-refractivity contribution < 1.29 is 19.0 Å². The normalized spacial score (nSPS) is 15.5. The molecule has 0 aliphatic carbocycles. The average Bonchev–Trinajstić information content (AvgIpc) is 3.16. The molecule has 0 fully saturated rings. The van der Waals surface area contributed by atoms with Crippen molar-refractivity contribution in [1.82, 2.24) is 9.55 Å². The van der Waals surface area contributed by atoms with Gasteiger partial charge in [-0.05, 0) is 18.2 Å². The van der Waals surface area contributed by atoms with Crippen LogP contribution in [0.15, 0.2) is 48.8 Å². The first-order valence-corrected chi connectivity index (χ1v) is 8.88. The molecule has 2 heterocycles. The molecule has 0 radical (unpaired) electrons. The number of amides is 1. The van der Waals surface area contributed by atoms with Crippen LogP contribution in [0.3, 0.4) is 0 Å². The molecular formula is C21H21N3O4. The molecule has 0 bridgehead atoms. The summed E-state index contributed by atoms with van der Waals surface area (Å²) in [5, 5.41) is 2.96. The molecule has 0 saturated heterocycles. The van der Waals surface area contributed by atoms with Crippen LogP contribution >= 0.6 is 0 Å². The quantitative estimate of drug-likeness (QED) is 0.736. The van der Waals surface area contributed by atoms with E-state index in [-0.39, 0.29) is 11.8 Å². The molecule has 1 unspecified atom stereocenters. The zero-order valence-electron chi connectivity index (χ0n) is 15.9. The van der Waals surface area contributed by atoms with E-state index < -0.39 is 0 Å². The van der Waals surface area contributed by atoms with Crippen molar-refractivity contribution in [3.8, 4) is 22.9 Å². The third kappa shape index (κ3) is 3.05. The van der Waals surface area contributed by atoms with Gasteiger partial charge >= 0.3 is 0 Å². The number of rotatable bonds is 5. The van der Waals surface area contributed by atoms with Crippen LogP contribution in [0.2, 0.25) is 0 Å². The Morgan fingerprint density at radius 3 is 2.57 bits per heavy atom. The second kappa shape index (κ2) is 7.26. The molecule has 1 atom stereocenters. The van der Waals surface area contributed by atoms with E-state index in [1.165, 1.54) is 0 Å². The predicted molar refractivity (Wildman–Crippen MR) is 105 cm³/mol. The summed E-state index contributed by atoms with van der Waals surface area (Å²) in [6.45, 7) is 0. The second-order valence-corrected chi connectivity index (χ2v) is 6.46. The minimum Gasteiger partial charge on any atom is -0.497 e. The summed E-state index contributed by atoms with van der Waals surface area (Å²) in [5.74, 6) is 2.48. The van der Waals surface area contributed by atoms with E-state index in [4.69, 9.17) is 14.2 Å². The Labute approximate surface area is 162 Å². The molecule has 1 N–H and O–H groups in total. The van der Waals surface area contributed by atoms with E-state index in [1.807, 2.05) is 47.0 Å². The van der Waals surface area contributed by atoms with Crippen LogP contribution in [0.4, 0.5) is 5.82 Å². The van der Waals surface area contributed by atoms with Crippen molar-refractivity contribution >= 4 is 11.7 Å². The first-order valence-electron chi connectivity index (χ1n) is 8.88. The smallest absolute Gasteiger partial charge is 0.226 e. The molecule has 7 heteroatoms. The third-order valence-corrected chi connectivity index (χ3v) is 4.92. The zero-order chi connectivity index (χ0) is 19.7. The fraction of sp³-hybridized carbons (Fsp3) is 0.238. The number of ether oxygens (including phenoxy) is 3. The molecule has 144 valence electrons. The number of benzene rings is 2. The summed E-state index contributed by atoms with van der Waals surface area (Å²) < 4.78 is 18.0. The number of hydrogen-bond acceptors (Lipinski definition) is 5. The SMILES string of the molecule is COc1cccc(-n2cnc3c2NC(=O)CC3c2ccc(OC)cc2OC)c1. The van der Waals surface area contributed by atoms with Crippen molar-refractivity contribution in [2.45, 2.75) is 12.3 Å². The lowest BCUT2D eigenvalue weighted by molar-refractivity contribution is -0.116. The summed E-state index contributed by atoms with van der Waals surface area (Å²) >= 11 is 0. The summed E-state index contributed by atoms with van der Waals surface area (Å²) in [7, 11) is 4.84. The van der Waals surface area contributed by atoms with E-state index >= 15 is 0 Å². The highest BCUT2D eigenvalue weighted by Crippen LogP contribution is 2.41. The highest BCUT2D eigenvalue weighted by Gasteiger charge is 2.32. The lowest BCUT2D eigenvalue weighted by Crippen LogP contribution is -2.25. The topological polar surface area (TPSA) is 74.6 Å². The van der Waals surface area contributed by atoms with Gasteiger partial charge in [-0.25, -0.2) is 4.98 Å². The van der Waals surface area contributed by atoms with Gasteiger partial charge in [0, 0.05) is 30.0 Å². The fourth-order valence-corrected chi connectivity index (χ4v) is 3.53. The van der Waals surface area contributed by atoms with E-state index in [0.29, 0.717) is 23.7 Å². The van der Waals surface area contributed by atoms with Crippen LogP contribution in [-0.2, 0) is 4.79 Å². The van der Waals surface area contributed by atoms with Crippen molar-refractivity contribution in [3.63, 3.8) is 0 Å². The molecule has 7 nitrogen and oxygen atoms in total. The molecule has 3 aromatic rings. The lowest BCUT2D eigenvalue weighted by Gasteiger charge is -2.25. The molecule has 1 aromatic heterocycles. The molecule has 0 spiro atoms. The van der Waals surface area contributed by atoms with E-state index in [9.17, 15) is 4.79 Å². The Hall–Kier alpha value is -3.48. The maximum Gasteiger partial charge on any atom is 0.226 e. The van der Waals surface area contributed by atoms with Crippen LogP contribution in [0, 0.1) is 0 Å². The van der Waals surface area contributed by atoms with Crippen LogP contribution in [-0.4, -0.2) is 36.8 Å². The van der Waals surface area contributed by atoms with Crippen LogP contribution in [0.5, 0.6) is 17.2 Å².